The molecule has 0 aliphatic rings. The third kappa shape index (κ3) is 3.76. The molecule has 4 heterocycles. The first-order valence-electron chi connectivity index (χ1n) is 13.9. The fourth-order valence-electron chi connectivity index (χ4n) is 6.00. The number of hydrogen-bond donors (Lipinski definition) is 0. The summed E-state index contributed by atoms with van der Waals surface area (Å²) in [4.78, 5) is 5.04. The molecular formula is C37H26N4. The van der Waals surface area contributed by atoms with Crippen molar-refractivity contribution in [1.29, 1.82) is 0 Å². The van der Waals surface area contributed by atoms with Crippen LogP contribution in [0.4, 0.5) is 0 Å². The van der Waals surface area contributed by atoms with Crippen LogP contribution in [0.1, 0.15) is 5.56 Å². The van der Waals surface area contributed by atoms with Gasteiger partial charge in [-0.1, -0.05) is 109 Å². The van der Waals surface area contributed by atoms with Crippen molar-refractivity contribution >= 4 is 21.9 Å². The van der Waals surface area contributed by atoms with E-state index in [0.29, 0.717) is 0 Å². The standard InChI is InChI=1S/C37H26N4/c1-25-34(39-41-32(26-13-4-2-5-14-26)24-28-17-8-9-20-31(28)36(25)41)29-18-12-19-30(23-29)37-35(27-15-6-3-7-16-27)38-33-21-10-11-22-40(33)37/h2-24H,1H3. The molecule has 0 aliphatic heterocycles. The summed E-state index contributed by atoms with van der Waals surface area (Å²) in [7, 11) is 0. The summed E-state index contributed by atoms with van der Waals surface area (Å²) in [5.74, 6) is 0. The van der Waals surface area contributed by atoms with E-state index in [1.807, 2.05) is 12.1 Å². The highest BCUT2D eigenvalue weighted by molar-refractivity contribution is 6.01. The van der Waals surface area contributed by atoms with Crippen LogP contribution in [-0.4, -0.2) is 19.0 Å². The predicted octanol–water partition coefficient (Wildman–Crippen LogP) is 9.11. The number of rotatable bonds is 4. The van der Waals surface area contributed by atoms with Crippen molar-refractivity contribution < 1.29 is 0 Å². The third-order valence-electron chi connectivity index (χ3n) is 7.91. The Morgan fingerprint density at radius 1 is 0.561 bits per heavy atom. The molecule has 0 saturated carbocycles. The van der Waals surface area contributed by atoms with Gasteiger partial charge in [-0.2, -0.15) is 5.10 Å². The van der Waals surface area contributed by atoms with Gasteiger partial charge in [0.15, 0.2) is 0 Å². The van der Waals surface area contributed by atoms with Gasteiger partial charge in [0.05, 0.1) is 28.3 Å². The van der Waals surface area contributed by atoms with Crippen LogP contribution in [-0.2, 0) is 0 Å². The molecule has 8 rings (SSSR count). The zero-order chi connectivity index (χ0) is 27.3. The van der Waals surface area contributed by atoms with Crippen molar-refractivity contribution in [3.8, 4) is 45.0 Å². The maximum atomic E-state index is 5.27. The maximum Gasteiger partial charge on any atom is 0.137 e. The van der Waals surface area contributed by atoms with Crippen molar-refractivity contribution in [2.24, 2.45) is 0 Å². The first-order chi connectivity index (χ1) is 20.3. The minimum Gasteiger partial charge on any atom is -0.299 e. The lowest BCUT2D eigenvalue weighted by molar-refractivity contribution is 0.979. The van der Waals surface area contributed by atoms with Crippen molar-refractivity contribution in [3.63, 3.8) is 0 Å². The van der Waals surface area contributed by atoms with Crippen molar-refractivity contribution in [1.82, 2.24) is 19.0 Å². The topological polar surface area (TPSA) is 34.6 Å². The van der Waals surface area contributed by atoms with Crippen LogP contribution in [0.15, 0.2) is 140 Å². The lowest BCUT2D eigenvalue weighted by atomic mass is 9.99. The Kier molecular flexibility index (Phi) is 5.32. The highest BCUT2D eigenvalue weighted by atomic mass is 15.2. The summed E-state index contributed by atoms with van der Waals surface area (Å²) in [6.07, 6.45) is 2.09. The van der Waals surface area contributed by atoms with Crippen LogP contribution in [0.3, 0.4) is 0 Å². The van der Waals surface area contributed by atoms with Gasteiger partial charge < -0.3 is 0 Å². The van der Waals surface area contributed by atoms with Gasteiger partial charge in [0.1, 0.15) is 5.65 Å². The minimum atomic E-state index is 0.926. The van der Waals surface area contributed by atoms with Gasteiger partial charge >= 0.3 is 0 Å². The van der Waals surface area contributed by atoms with Gasteiger partial charge in [0.2, 0.25) is 0 Å². The van der Waals surface area contributed by atoms with E-state index in [-0.39, 0.29) is 0 Å². The third-order valence-corrected chi connectivity index (χ3v) is 7.91. The average Bonchev–Trinajstić information content (AvgIpc) is 3.60. The molecule has 0 spiro atoms. The lowest BCUT2D eigenvalue weighted by Gasteiger charge is -2.09. The zero-order valence-corrected chi connectivity index (χ0v) is 22.6. The molecule has 194 valence electrons. The van der Waals surface area contributed by atoms with Crippen LogP contribution in [0.25, 0.3) is 67.0 Å². The number of fused-ring (bicyclic) bond motifs is 4. The van der Waals surface area contributed by atoms with Gasteiger partial charge in [0, 0.05) is 39.4 Å². The van der Waals surface area contributed by atoms with Gasteiger partial charge in [-0.15, -0.1) is 0 Å². The molecule has 0 fully saturated rings. The summed E-state index contributed by atoms with van der Waals surface area (Å²) in [5.41, 5.74) is 11.8. The van der Waals surface area contributed by atoms with Gasteiger partial charge in [0.25, 0.3) is 0 Å². The molecule has 41 heavy (non-hydrogen) atoms. The monoisotopic (exact) mass is 526 g/mol. The highest BCUT2D eigenvalue weighted by Gasteiger charge is 2.20. The molecule has 4 nitrogen and oxygen atoms in total. The summed E-state index contributed by atoms with van der Waals surface area (Å²) < 4.78 is 4.30. The summed E-state index contributed by atoms with van der Waals surface area (Å²) in [6.45, 7) is 2.19. The molecule has 0 unspecified atom stereocenters. The second-order valence-corrected chi connectivity index (χ2v) is 10.4. The molecule has 0 bridgehead atoms. The lowest BCUT2D eigenvalue weighted by Crippen LogP contribution is -1.95. The fourth-order valence-corrected chi connectivity index (χ4v) is 6.00. The van der Waals surface area contributed by atoms with E-state index < -0.39 is 0 Å². The molecule has 4 aromatic carbocycles. The van der Waals surface area contributed by atoms with Crippen LogP contribution < -0.4 is 0 Å². The van der Waals surface area contributed by atoms with E-state index in [2.05, 4.69) is 143 Å². The number of nitrogens with zero attached hydrogens (tertiary/aromatic N) is 4. The Morgan fingerprint density at radius 3 is 2.07 bits per heavy atom. The number of pyridine rings is 2. The number of benzene rings is 4. The Hall–Kier alpha value is -5.48. The van der Waals surface area contributed by atoms with E-state index in [1.54, 1.807) is 0 Å². The van der Waals surface area contributed by atoms with Crippen LogP contribution >= 0.6 is 0 Å². The fraction of sp³-hybridized carbons (Fsp3) is 0.0270. The molecule has 0 atom stereocenters. The number of hydrogen-bond acceptors (Lipinski definition) is 2. The predicted molar refractivity (Wildman–Crippen MR) is 168 cm³/mol. The quantitative estimate of drug-likeness (QED) is 0.229. The van der Waals surface area contributed by atoms with Gasteiger partial charge in [-0.3, -0.25) is 4.40 Å². The molecule has 0 radical (unpaired) electrons. The molecule has 0 amide bonds. The van der Waals surface area contributed by atoms with E-state index in [0.717, 1.165) is 61.8 Å². The Labute approximate surface area is 237 Å². The van der Waals surface area contributed by atoms with Crippen molar-refractivity contribution in [2.45, 2.75) is 6.92 Å². The van der Waals surface area contributed by atoms with Crippen LogP contribution in [0.2, 0.25) is 0 Å². The molecule has 8 aromatic rings. The number of aryl methyl sites for hydroxylation is 1. The SMILES string of the molecule is Cc1c(-c2cccc(-c3c(-c4ccccc4)nc4ccccn34)c2)nn2c(-c3ccccc3)cc3ccccc3c12. The van der Waals surface area contributed by atoms with E-state index in [1.165, 1.54) is 10.8 Å². The summed E-state index contributed by atoms with van der Waals surface area (Å²) in [5, 5.41) is 7.68. The smallest absolute Gasteiger partial charge is 0.137 e. The van der Waals surface area contributed by atoms with Crippen molar-refractivity contribution in [2.75, 3.05) is 0 Å². The largest absolute Gasteiger partial charge is 0.299 e. The highest BCUT2D eigenvalue weighted by Crippen LogP contribution is 2.38. The normalized spacial score (nSPS) is 11.5. The Bertz CT molecular complexity index is 2210. The van der Waals surface area contributed by atoms with Gasteiger partial charge in [-0.05, 0) is 36.6 Å². The summed E-state index contributed by atoms with van der Waals surface area (Å²) in [6, 6.07) is 46.6. The first kappa shape index (κ1) is 23.4. The Morgan fingerprint density at radius 2 is 1.24 bits per heavy atom. The average molecular weight is 527 g/mol. The molecule has 4 heteroatoms. The molecule has 0 N–H and O–H groups in total. The van der Waals surface area contributed by atoms with Crippen molar-refractivity contribution in [3.05, 3.63) is 145 Å². The second-order valence-electron chi connectivity index (χ2n) is 10.4. The molecule has 0 aliphatic carbocycles. The Balaban J connectivity index is 1.37. The maximum absolute atomic E-state index is 5.27. The van der Waals surface area contributed by atoms with Gasteiger partial charge in [-0.25, -0.2) is 9.50 Å². The number of imidazole rings is 1. The molecular weight excluding hydrogens is 500 g/mol. The molecule has 4 aromatic heterocycles. The minimum absolute atomic E-state index is 0.926. The van der Waals surface area contributed by atoms with E-state index in [9.17, 15) is 0 Å². The zero-order valence-electron chi connectivity index (χ0n) is 22.6. The first-order valence-corrected chi connectivity index (χ1v) is 13.9. The van der Waals surface area contributed by atoms with Crippen LogP contribution in [0, 0.1) is 6.92 Å². The van der Waals surface area contributed by atoms with E-state index >= 15 is 0 Å². The summed E-state index contributed by atoms with van der Waals surface area (Å²) >= 11 is 0. The second kappa shape index (κ2) is 9.32. The number of aromatic nitrogens is 4. The molecule has 0 saturated heterocycles. The van der Waals surface area contributed by atoms with Crippen LogP contribution in [0.5, 0.6) is 0 Å². The van der Waals surface area contributed by atoms with E-state index in [4.69, 9.17) is 10.1 Å².